The first kappa shape index (κ1) is 13.3. The van der Waals surface area contributed by atoms with Gasteiger partial charge in [0, 0.05) is 11.9 Å². The largest absolute Gasteiger partial charge is 0.337 e. The lowest BCUT2D eigenvalue weighted by molar-refractivity contribution is 0.0786. The molecule has 2 aromatic rings. The van der Waals surface area contributed by atoms with Gasteiger partial charge in [-0.3, -0.25) is 4.79 Å². The average Bonchev–Trinajstić information content (AvgIpc) is 2.87. The Hall–Kier alpha value is -0.170. The summed E-state index contributed by atoms with van der Waals surface area (Å²) in [6, 6.07) is 5.88. The van der Waals surface area contributed by atoms with Gasteiger partial charge in [0.05, 0.1) is 19.7 Å². The van der Waals surface area contributed by atoms with Gasteiger partial charge < -0.3 is 4.90 Å². The molecule has 0 unspecified atom stereocenters. The summed E-state index contributed by atoms with van der Waals surface area (Å²) in [5, 5.41) is 2.02. The van der Waals surface area contributed by atoms with Gasteiger partial charge in [-0.1, -0.05) is 6.07 Å². The van der Waals surface area contributed by atoms with Gasteiger partial charge in [0.2, 0.25) is 0 Å². The second-order valence-electron chi connectivity index (χ2n) is 3.48. The second kappa shape index (κ2) is 5.65. The zero-order valence-corrected chi connectivity index (χ0v) is 13.7. The zero-order chi connectivity index (χ0) is 12.4. The van der Waals surface area contributed by atoms with Crippen molar-refractivity contribution in [3.63, 3.8) is 0 Å². The lowest BCUT2D eigenvalue weighted by Crippen LogP contribution is -2.25. The summed E-state index contributed by atoms with van der Waals surface area (Å²) in [5.41, 5.74) is 0.709. The Morgan fingerprint density at radius 1 is 1.47 bits per heavy atom. The van der Waals surface area contributed by atoms with Crippen molar-refractivity contribution in [1.82, 2.24) is 4.90 Å². The normalized spacial score (nSPS) is 10.5. The van der Waals surface area contributed by atoms with Crippen LogP contribution < -0.4 is 0 Å². The van der Waals surface area contributed by atoms with E-state index in [-0.39, 0.29) is 5.91 Å². The summed E-state index contributed by atoms with van der Waals surface area (Å²) < 4.78 is 1.82. The van der Waals surface area contributed by atoms with Crippen LogP contribution in [0, 0.1) is 0 Å². The molecule has 0 atom stereocenters. The summed E-state index contributed by atoms with van der Waals surface area (Å²) >= 11 is 9.96. The molecule has 0 saturated heterocycles. The van der Waals surface area contributed by atoms with Gasteiger partial charge in [-0.25, -0.2) is 0 Å². The number of carbonyl (C=O) groups excluding carboxylic acids is 1. The maximum atomic E-state index is 12.2. The number of nitrogens with zero attached hydrogens (tertiary/aromatic N) is 1. The lowest BCUT2D eigenvalue weighted by Gasteiger charge is -2.15. The molecule has 0 radical (unpaired) electrons. The van der Waals surface area contributed by atoms with Crippen LogP contribution >= 0.6 is 54.5 Å². The quantitative estimate of drug-likeness (QED) is 0.744. The van der Waals surface area contributed by atoms with Crippen molar-refractivity contribution in [3.8, 4) is 0 Å². The molecule has 2 nitrogen and oxygen atoms in total. The van der Waals surface area contributed by atoms with E-state index >= 15 is 0 Å². The SMILES string of the molecule is CN(Cc1cccs1)C(=O)c1cc(Br)sc1Br. The standard InChI is InChI=1S/C11H9Br2NOS2/c1-14(6-7-3-2-4-16-7)11(15)8-5-9(12)17-10(8)13/h2-5H,6H2,1H3. The molecular weight excluding hydrogens is 386 g/mol. The van der Waals surface area contributed by atoms with E-state index in [0.717, 1.165) is 7.57 Å². The van der Waals surface area contributed by atoms with Crippen LogP contribution in [0.4, 0.5) is 0 Å². The maximum absolute atomic E-state index is 12.2. The van der Waals surface area contributed by atoms with Gasteiger partial charge >= 0.3 is 0 Å². The maximum Gasteiger partial charge on any atom is 0.255 e. The van der Waals surface area contributed by atoms with Gasteiger partial charge in [-0.05, 0) is 49.4 Å². The molecule has 1 amide bonds. The second-order valence-corrected chi connectivity index (χ2v) is 8.26. The van der Waals surface area contributed by atoms with Crippen LogP contribution in [0.3, 0.4) is 0 Å². The van der Waals surface area contributed by atoms with Crippen molar-refractivity contribution >= 4 is 60.4 Å². The molecular formula is C11H9Br2NOS2. The molecule has 90 valence electrons. The summed E-state index contributed by atoms with van der Waals surface area (Å²) in [6.45, 7) is 0.649. The van der Waals surface area contributed by atoms with E-state index in [4.69, 9.17) is 0 Å². The topological polar surface area (TPSA) is 20.3 Å². The van der Waals surface area contributed by atoms with Crippen molar-refractivity contribution in [2.24, 2.45) is 0 Å². The van der Waals surface area contributed by atoms with Crippen molar-refractivity contribution in [2.75, 3.05) is 7.05 Å². The van der Waals surface area contributed by atoms with Crippen LogP contribution in [0.25, 0.3) is 0 Å². The number of thiophene rings is 2. The molecule has 0 spiro atoms. The molecule has 0 aliphatic heterocycles. The highest BCUT2D eigenvalue weighted by molar-refractivity contribution is 9.12. The molecule has 0 N–H and O–H groups in total. The fourth-order valence-corrected chi connectivity index (χ4v) is 4.93. The monoisotopic (exact) mass is 393 g/mol. The number of hydrogen-bond donors (Lipinski definition) is 0. The fraction of sp³-hybridized carbons (Fsp3) is 0.182. The van der Waals surface area contributed by atoms with Gasteiger partial charge in [0.15, 0.2) is 0 Å². The smallest absolute Gasteiger partial charge is 0.255 e. The Morgan fingerprint density at radius 2 is 2.24 bits per heavy atom. The number of rotatable bonds is 3. The minimum absolute atomic E-state index is 0.0345. The first-order valence-corrected chi connectivity index (χ1v) is 8.09. The zero-order valence-electron chi connectivity index (χ0n) is 8.94. The molecule has 17 heavy (non-hydrogen) atoms. The summed E-state index contributed by atoms with van der Waals surface area (Å²) in [7, 11) is 1.82. The van der Waals surface area contributed by atoms with Crippen molar-refractivity contribution in [3.05, 3.63) is 41.6 Å². The van der Waals surface area contributed by atoms with Crippen molar-refractivity contribution in [2.45, 2.75) is 6.54 Å². The van der Waals surface area contributed by atoms with Gasteiger partial charge in [0.1, 0.15) is 0 Å². The number of carbonyl (C=O) groups is 1. The predicted octanol–water partition coefficient (Wildman–Crippen LogP) is 4.61. The number of hydrogen-bond acceptors (Lipinski definition) is 3. The molecule has 6 heteroatoms. The Morgan fingerprint density at radius 3 is 2.76 bits per heavy atom. The van der Waals surface area contributed by atoms with Crippen LogP contribution in [0.5, 0.6) is 0 Å². The summed E-state index contributed by atoms with van der Waals surface area (Å²) in [4.78, 5) is 15.1. The van der Waals surface area contributed by atoms with E-state index in [1.807, 2.05) is 30.6 Å². The van der Waals surface area contributed by atoms with E-state index < -0.39 is 0 Å². The van der Waals surface area contributed by atoms with Crippen LogP contribution in [0.2, 0.25) is 0 Å². The third-order valence-electron chi connectivity index (χ3n) is 2.21. The minimum Gasteiger partial charge on any atom is -0.337 e. The van der Waals surface area contributed by atoms with Crippen LogP contribution in [0.15, 0.2) is 31.2 Å². The van der Waals surface area contributed by atoms with Crippen LogP contribution in [0.1, 0.15) is 15.2 Å². The average molecular weight is 395 g/mol. The van der Waals surface area contributed by atoms with Crippen molar-refractivity contribution in [1.29, 1.82) is 0 Å². The van der Waals surface area contributed by atoms with E-state index in [9.17, 15) is 4.79 Å². The molecule has 0 bridgehead atoms. The molecule has 0 aliphatic rings. The molecule has 2 heterocycles. The van der Waals surface area contributed by atoms with Gasteiger partial charge in [-0.2, -0.15) is 0 Å². The Balaban J connectivity index is 2.12. The number of halogens is 2. The first-order chi connectivity index (χ1) is 8.08. The first-order valence-electron chi connectivity index (χ1n) is 4.80. The third-order valence-corrected chi connectivity index (χ3v) is 5.41. The van der Waals surface area contributed by atoms with Gasteiger partial charge in [-0.15, -0.1) is 22.7 Å². The van der Waals surface area contributed by atoms with E-state index in [2.05, 4.69) is 31.9 Å². The van der Waals surface area contributed by atoms with Crippen LogP contribution in [-0.4, -0.2) is 17.9 Å². The Bertz CT molecular complexity index is 522. The van der Waals surface area contributed by atoms with E-state index in [1.165, 1.54) is 16.2 Å². The predicted molar refractivity (Wildman–Crippen MR) is 79.8 cm³/mol. The summed E-state index contributed by atoms with van der Waals surface area (Å²) in [5.74, 6) is 0.0345. The Labute approximate surface area is 125 Å². The molecule has 0 aromatic carbocycles. The molecule has 0 saturated carbocycles. The van der Waals surface area contributed by atoms with Crippen molar-refractivity contribution < 1.29 is 4.79 Å². The Kier molecular flexibility index (Phi) is 4.41. The molecule has 0 aliphatic carbocycles. The summed E-state index contributed by atoms with van der Waals surface area (Å²) in [6.07, 6.45) is 0. The van der Waals surface area contributed by atoms with Crippen LogP contribution in [-0.2, 0) is 6.54 Å². The molecule has 2 aromatic heterocycles. The van der Waals surface area contributed by atoms with Gasteiger partial charge in [0.25, 0.3) is 5.91 Å². The number of amides is 1. The minimum atomic E-state index is 0.0345. The van der Waals surface area contributed by atoms with E-state index in [1.54, 1.807) is 16.2 Å². The highest BCUT2D eigenvalue weighted by Crippen LogP contribution is 2.32. The molecule has 2 rings (SSSR count). The highest BCUT2D eigenvalue weighted by atomic mass is 79.9. The fourth-order valence-electron chi connectivity index (χ4n) is 1.40. The molecule has 0 fully saturated rings. The van der Waals surface area contributed by atoms with E-state index in [0.29, 0.717) is 12.1 Å². The lowest BCUT2D eigenvalue weighted by atomic mass is 10.3. The highest BCUT2D eigenvalue weighted by Gasteiger charge is 2.17. The third kappa shape index (κ3) is 3.19.